The van der Waals surface area contributed by atoms with Crippen molar-refractivity contribution in [3.05, 3.63) is 75.3 Å². The molecule has 0 unspecified atom stereocenters. The van der Waals surface area contributed by atoms with Crippen LogP contribution in [0.2, 0.25) is 10.0 Å². The molecule has 0 aromatic heterocycles. The second-order valence-electron chi connectivity index (χ2n) is 4.06. The summed E-state index contributed by atoms with van der Waals surface area (Å²) < 4.78 is 0. The molecular weight excluding hydrogens is 293 g/mol. The topological polar surface area (TPSA) is 40.9 Å². The molecule has 0 N–H and O–H groups in total. The lowest BCUT2D eigenvalue weighted by atomic mass is 10.1. The van der Waals surface area contributed by atoms with E-state index in [1.165, 1.54) is 12.1 Å². The van der Waals surface area contributed by atoms with Gasteiger partial charge in [-0.3, -0.25) is 4.79 Å². The van der Waals surface area contributed by atoms with Crippen molar-refractivity contribution in [2.45, 2.75) is 0 Å². The van der Waals surface area contributed by atoms with Gasteiger partial charge in [-0.1, -0.05) is 41.4 Å². The quantitative estimate of drug-likeness (QED) is 0.606. The van der Waals surface area contributed by atoms with E-state index < -0.39 is 0 Å². The van der Waals surface area contributed by atoms with Crippen LogP contribution in [0.15, 0.2) is 48.5 Å². The molecule has 0 bridgehead atoms. The van der Waals surface area contributed by atoms with Gasteiger partial charge in [-0.15, -0.1) is 0 Å². The maximum absolute atomic E-state index is 12.0. The van der Waals surface area contributed by atoms with Crippen molar-refractivity contribution >= 4 is 35.1 Å². The van der Waals surface area contributed by atoms with E-state index in [4.69, 9.17) is 28.5 Å². The summed E-state index contributed by atoms with van der Waals surface area (Å²) in [4.78, 5) is 12.0. The molecule has 20 heavy (non-hydrogen) atoms. The predicted octanol–water partition coefficient (Wildman–Crippen LogP) is 4.76. The van der Waals surface area contributed by atoms with E-state index in [9.17, 15) is 4.79 Å². The number of carbonyl (C=O) groups excluding carboxylic acids is 1. The Morgan fingerprint density at radius 1 is 1.05 bits per heavy atom. The number of nitriles is 1. The molecule has 0 heterocycles. The number of carbonyl (C=O) groups is 1. The van der Waals surface area contributed by atoms with Crippen LogP contribution in [-0.4, -0.2) is 5.78 Å². The molecule has 2 nitrogen and oxygen atoms in total. The molecule has 0 aliphatic heterocycles. The molecule has 2 rings (SSSR count). The summed E-state index contributed by atoms with van der Waals surface area (Å²) in [6, 6.07) is 13.7. The number of allylic oxidation sites excluding steroid dienone is 1. The van der Waals surface area contributed by atoms with Gasteiger partial charge in [0.1, 0.15) is 0 Å². The third-order valence-corrected chi connectivity index (χ3v) is 3.41. The molecular formula is C16H9Cl2NO. The van der Waals surface area contributed by atoms with Crippen molar-refractivity contribution < 1.29 is 4.79 Å². The van der Waals surface area contributed by atoms with Crippen LogP contribution in [-0.2, 0) is 0 Å². The first-order valence-corrected chi connectivity index (χ1v) is 6.53. The highest BCUT2D eigenvalue weighted by Gasteiger charge is 2.05. The molecule has 0 atom stereocenters. The average Bonchev–Trinajstić information content (AvgIpc) is 2.48. The number of benzene rings is 2. The van der Waals surface area contributed by atoms with E-state index in [0.717, 1.165) is 5.56 Å². The zero-order valence-electron chi connectivity index (χ0n) is 10.3. The lowest BCUT2D eigenvalue weighted by Gasteiger charge is -1.99. The van der Waals surface area contributed by atoms with Crippen LogP contribution < -0.4 is 0 Å². The molecule has 0 aliphatic rings. The fourth-order valence-electron chi connectivity index (χ4n) is 1.59. The summed E-state index contributed by atoms with van der Waals surface area (Å²) in [7, 11) is 0. The van der Waals surface area contributed by atoms with Crippen LogP contribution in [0.1, 0.15) is 21.5 Å². The Kier molecular flexibility index (Phi) is 4.57. The van der Waals surface area contributed by atoms with Gasteiger partial charge < -0.3 is 0 Å². The van der Waals surface area contributed by atoms with Crippen molar-refractivity contribution in [1.29, 1.82) is 5.26 Å². The average molecular weight is 302 g/mol. The van der Waals surface area contributed by atoms with Gasteiger partial charge in [-0.05, 0) is 42.0 Å². The van der Waals surface area contributed by atoms with E-state index in [1.54, 1.807) is 42.5 Å². The number of rotatable bonds is 3. The van der Waals surface area contributed by atoms with Gasteiger partial charge >= 0.3 is 0 Å². The van der Waals surface area contributed by atoms with E-state index in [0.29, 0.717) is 21.2 Å². The molecule has 98 valence electrons. The molecule has 0 aliphatic carbocycles. The largest absolute Gasteiger partial charge is 0.289 e. The minimum atomic E-state index is -0.159. The monoisotopic (exact) mass is 301 g/mol. The highest BCUT2D eigenvalue weighted by Crippen LogP contribution is 2.23. The Morgan fingerprint density at radius 2 is 1.75 bits per heavy atom. The molecule has 0 saturated carbocycles. The maximum atomic E-state index is 12.0. The van der Waals surface area contributed by atoms with Gasteiger partial charge in [0.15, 0.2) is 5.78 Å². The first-order valence-electron chi connectivity index (χ1n) is 5.78. The van der Waals surface area contributed by atoms with E-state index in [-0.39, 0.29) is 5.78 Å². The molecule has 0 saturated heterocycles. The number of hydrogen-bond acceptors (Lipinski definition) is 2. The summed E-state index contributed by atoms with van der Waals surface area (Å²) >= 11 is 11.7. The first-order chi connectivity index (χ1) is 9.60. The van der Waals surface area contributed by atoms with E-state index >= 15 is 0 Å². The molecule has 4 heteroatoms. The highest BCUT2D eigenvalue weighted by molar-refractivity contribution is 6.42. The lowest BCUT2D eigenvalue weighted by molar-refractivity contribution is 0.104. The summed E-state index contributed by atoms with van der Waals surface area (Å²) in [5.41, 5.74) is 1.90. The Bertz CT molecular complexity index is 712. The third kappa shape index (κ3) is 3.48. The van der Waals surface area contributed by atoms with Crippen LogP contribution in [0.3, 0.4) is 0 Å². The van der Waals surface area contributed by atoms with Gasteiger partial charge in [0.05, 0.1) is 21.7 Å². The van der Waals surface area contributed by atoms with E-state index in [2.05, 4.69) is 0 Å². The zero-order chi connectivity index (χ0) is 14.5. The fraction of sp³-hybridized carbons (Fsp3) is 0. The zero-order valence-corrected chi connectivity index (χ0v) is 11.8. The number of halogens is 2. The van der Waals surface area contributed by atoms with Gasteiger partial charge in [-0.25, -0.2) is 0 Å². The van der Waals surface area contributed by atoms with Crippen molar-refractivity contribution in [2.75, 3.05) is 0 Å². The van der Waals surface area contributed by atoms with Crippen LogP contribution in [0.5, 0.6) is 0 Å². The molecule has 0 amide bonds. The number of nitrogens with zero attached hydrogens (tertiary/aromatic N) is 1. The number of hydrogen-bond donors (Lipinski definition) is 0. The van der Waals surface area contributed by atoms with Crippen LogP contribution >= 0.6 is 23.2 Å². The molecule has 2 aromatic carbocycles. The predicted molar refractivity (Wildman–Crippen MR) is 81.0 cm³/mol. The van der Waals surface area contributed by atoms with Crippen LogP contribution in [0.4, 0.5) is 0 Å². The minimum absolute atomic E-state index is 0.159. The maximum Gasteiger partial charge on any atom is 0.185 e. The number of ketones is 1. The fourth-order valence-corrected chi connectivity index (χ4v) is 1.88. The van der Waals surface area contributed by atoms with Crippen molar-refractivity contribution in [3.63, 3.8) is 0 Å². The second kappa shape index (κ2) is 6.38. The summed E-state index contributed by atoms with van der Waals surface area (Å²) in [5, 5.41) is 9.47. The Hall–Kier alpha value is -2.08. The third-order valence-electron chi connectivity index (χ3n) is 2.67. The van der Waals surface area contributed by atoms with Crippen LogP contribution in [0, 0.1) is 11.3 Å². The molecule has 0 spiro atoms. The summed E-state index contributed by atoms with van der Waals surface area (Å²) in [5.74, 6) is -0.159. The SMILES string of the molecule is N#Cc1ccc(/C=C/C(=O)c2ccc(Cl)c(Cl)c2)cc1. The first kappa shape index (κ1) is 14.3. The Morgan fingerprint density at radius 3 is 2.35 bits per heavy atom. The van der Waals surface area contributed by atoms with Crippen molar-refractivity contribution in [3.8, 4) is 6.07 Å². The highest BCUT2D eigenvalue weighted by atomic mass is 35.5. The van der Waals surface area contributed by atoms with Gasteiger partial charge in [0.2, 0.25) is 0 Å². The smallest absolute Gasteiger partial charge is 0.185 e. The van der Waals surface area contributed by atoms with Gasteiger partial charge in [0, 0.05) is 5.56 Å². The summed E-state index contributed by atoms with van der Waals surface area (Å²) in [6.07, 6.45) is 3.15. The molecule has 0 radical (unpaired) electrons. The normalized spacial score (nSPS) is 10.4. The van der Waals surface area contributed by atoms with Crippen molar-refractivity contribution in [2.24, 2.45) is 0 Å². The van der Waals surface area contributed by atoms with Crippen LogP contribution in [0.25, 0.3) is 6.08 Å². The van der Waals surface area contributed by atoms with Crippen molar-refractivity contribution in [1.82, 2.24) is 0 Å². The van der Waals surface area contributed by atoms with E-state index in [1.807, 2.05) is 6.07 Å². The lowest BCUT2D eigenvalue weighted by Crippen LogP contribution is -1.93. The summed E-state index contributed by atoms with van der Waals surface area (Å²) in [6.45, 7) is 0. The van der Waals surface area contributed by atoms with Gasteiger partial charge in [-0.2, -0.15) is 5.26 Å². The second-order valence-corrected chi connectivity index (χ2v) is 4.87. The minimum Gasteiger partial charge on any atom is -0.289 e. The Labute approximate surface area is 126 Å². The molecule has 0 fully saturated rings. The Balaban J connectivity index is 2.15. The standard InChI is InChI=1S/C16H9Cl2NO/c17-14-7-6-13(9-15(14)18)16(20)8-5-11-1-3-12(10-19)4-2-11/h1-9H/b8-5+. The molecule has 2 aromatic rings. The van der Waals surface area contributed by atoms with Gasteiger partial charge in [0.25, 0.3) is 0 Å².